The van der Waals surface area contributed by atoms with E-state index in [4.69, 9.17) is 0 Å². The lowest BCUT2D eigenvalue weighted by Gasteiger charge is -1.81. The van der Waals surface area contributed by atoms with Crippen molar-refractivity contribution in [1.29, 1.82) is 0 Å². The molecule has 0 spiro atoms. The molecule has 0 unspecified atom stereocenters. The summed E-state index contributed by atoms with van der Waals surface area (Å²) >= 11 is 1.56. The minimum absolute atomic E-state index is 0.0149. The van der Waals surface area contributed by atoms with Crippen molar-refractivity contribution in [3.63, 3.8) is 0 Å². The van der Waals surface area contributed by atoms with Gasteiger partial charge in [-0.1, -0.05) is 5.16 Å². The molecule has 0 fully saturated rings. The van der Waals surface area contributed by atoms with Gasteiger partial charge in [0.05, 0.1) is 4.88 Å². The van der Waals surface area contributed by atoms with E-state index < -0.39 is 0 Å². The monoisotopic (exact) mass is 194 g/mol. The third-order valence-electron chi connectivity index (χ3n) is 1.50. The van der Waals surface area contributed by atoms with Crippen molar-refractivity contribution >= 4 is 17.6 Å². The molecule has 0 saturated carbocycles. The molecule has 0 N–H and O–H groups in total. The van der Waals surface area contributed by atoms with Gasteiger partial charge in [-0.25, -0.2) is 0 Å². The van der Waals surface area contributed by atoms with E-state index in [2.05, 4.69) is 14.7 Å². The fraction of sp³-hybridized carbons (Fsp3) is 0.125. The maximum absolute atomic E-state index is 10.3. The summed E-state index contributed by atoms with van der Waals surface area (Å²) in [5, 5.41) is 3.66. The number of aryl methyl sites for hydroxylation is 1. The molecule has 0 aliphatic heterocycles. The second-order valence-electron chi connectivity index (χ2n) is 2.48. The Morgan fingerprint density at radius 1 is 1.54 bits per heavy atom. The van der Waals surface area contributed by atoms with Crippen molar-refractivity contribution in [2.75, 3.05) is 0 Å². The second-order valence-corrected chi connectivity index (χ2v) is 3.77. The molecule has 2 heterocycles. The lowest BCUT2D eigenvalue weighted by Crippen LogP contribution is -1.77. The van der Waals surface area contributed by atoms with Gasteiger partial charge in [0.15, 0.2) is 0 Å². The maximum atomic E-state index is 10.3. The smallest absolute Gasteiger partial charge is 0.291 e. The summed E-state index contributed by atoms with van der Waals surface area (Å²) in [5.41, 5.74) is 0. The first kappa shape index (κ1) is 8.12. The lowest BCUT2D eigenvalue weighted by atomic mass is 10.4. The molecule has 0 atom stereocenters. The summed E-state index contributed by atoms with van der Waals surface area (Å²) in [7, 11) is 0. The molecule has 4 nitrogen and oxygen atoms in total. The Bertz CT molecular complexity index is 433. The number of hydrogen-bond acceptors (Lipinski definition) is 5. The van der Waals surface area contributed by atoms with Gasteiger partial charge in [-0.2, -0.15) is 4.98 Å². The van der Waals surface area contributed by atoms with Crippen LogP contribution in [0.15, 0.2) is 16.7 Å². The predicted molar refractivity (Wildman–Crippen MR) is 47.7 cm³/mol. The van der Waals surface area contributed by atoms with Gasteiger partial charge in [-0.3, -0.25) is 4.79 Å². The van der Waals surface area contributed by atoms with Crippen LogP contribution in [-0.4, -0.2) is 16.4 Å². The maximum Gasteiger partial charge on any atom is 0.291 e. The van der Waals surface area contributed by atoms with Crippen LogP contribution in [0.3, 0.4) is 0 Å². The third-order valence-corrected chi connectivity index (χ3v) is 2.50. The second kappa shape index (κ2) is 3.10. The molecule has 0 amide bonds. The SMILES string of the molecule is Cc1ccc(-c2noc(C=O)n2)s1. The van der Waals surface area contributed by atoms with Gasteiger partial charge >= 0.3 is 0 Å². The van der Waals surface area contributed by atoms with Crippen LogP contribution in [0.5, 0.6) is 0 Å². The molecule has 0 bridgehead atoms. The van der Waals surface area contributed by atoms with E-state index in [-0.39, 0.29) is 5.89 Å². The fourth-order valence-electron chi connectivity index (χ4n) is 0.938. The summed E-state index contributed by atoms with van der Waals surface area (Å²) in [4.78, 5) is 16.2. The van der Waals surface area contributed by atoms with E-state index in [1.54, 1.807) is 11.3 Å². The van der Waals surface area contributed by atoms with Crippen LogP contribution in [-0.2, 0) is 0 Å². The number of carbonyl (C=O) groups excluding carboxylic acids is 1. The number of thiophene rings is 1. The fourth-order valence-corrected chi connectivity index (χ4v) is 1.73. The molecule has 2 aromatic heterocycles. The van der Waals surface area contributed by atoms with Gasteiger partial charge < -0.3 is 4.52 Å². The quantitative estimate of drug-likeness (QED) is 0.685. The van der Waals surface area contributed by atoms with Gasteiger partial charge in [-0.15, -0.1) is 11.3 Å². The number of aldehydes is 1. The minimum Gasteiger partial charge on any atom is -0.331 e. The first-order valence-corrected chi connectivity index (χ1v) is 4.47. The van der Waals surface area contributed by atoms with Crippen LogP contribution >= 0.6 is 11.3 Å². The number of aromatic nitrogens is 2. The molecular formula is C8H6N2O2S. The topological polar surface area (TPSA) is 56.0 Å². The van der Waals surface area contributed by atoms with Crippen molar-refractivity contribution in [3.8, 4) is 10.7 Å². The van der Waals surface area contributed by atoms with E-state index >= 15 is 0 Å². The van der Waals surface area contributed by atoms with Crippen molar-refractivity contribution in [1.82, 2.24) is 10.1 Å². The highest BCUT2D eigenvalue weighted by molar-refractivity contribution is 7.15. The number of hydrogen-bond donors (Lipinski definition) is 0. The van der Waals surface area contributed by atoms with Crippen molar-refractivity contribution in [2.24, 2.45) is 0 Å². The predicted octanol–water partition coefficient (Wildman–Crippen LogP) is 1.92. The molecule has 0 aromatic carbocycles. The molecule has 2 aromatic rings. The zero-order valence-electron chi connectivity index (χ0n) is 6.85. The molecule has 0 saturated heterocycles. The molecule has 5 heteroatoms. The van der Waals surface area contributed by atoms with E-state index in [0.717, 1.165) is 4.88 Å². The van der Waals surface area contributed by atoms with Crippen molar-refractivity contribution in [3.05, 3.63) is 22.9 Å². The number of rotatable bonds is 2. The van der Waals surface area contributed by atoms with Crippen LogP contribution in [0.1, 0.15) is 15.6 Å². The van der Waals surface area contributed by atoms with Crippen LogP contribution in [0.2, 0.25) is 0 Å². The highest BCUT2D eigenvalue weighted by Gasteiger charge is 2.08. The Balaban J connectivity index is 2.40. The molecule has 13 heavy (non-hydrogen) atoms. The van der Waals surface area contributed by atoms with Gasteiger partial charge in [0.2, 0.25) is 12.1 Å². The van der Waals surface area contributed by atoms with E-state index in [1.807, 2.05) is 19.1 Å². The molecular weight excluding hydrogens is 188 g/mol. The zero-order chi connectivity index (χ0) is 9.26. The van der Waals surface area contributed by atoms with E-state index in [0.29, 0.717) is 12.1 Å². The first-order chi connectivity index (χ1) is 6.29. The minimum atomic E-state index is 0.0149. The number of carbonyl (C=O) groups is 1. The van der Waals surface area contributed by atoms with Crippen molar-refractivity contribution in [2.45, 2.75) is 6.92 Å². The Hall–Kier alpha value is -1.49. The first-order valence-electron chi connectivity index (χ1n) is 3.65. The van der Waals surface area contributed by atoms with Crippen LogP contribution in [0.25, 0.3) is 10.7 Å². The average molecular weight is 194 g/mol. The Kier molecular flexibility index (Phi) is 1.94. The molecule has 2 rings (SSSR count). The van der Waals surface area contributed by atoms with Gasteiger partial charge in [0.1, 0.15) is 0 Å². The molecule has 0 aliphatic rings. The summed E-state index contributed by atoms with van der Waals surface area (Å²) in [6.45, 7) is 1.99. The lowest BCUT2D eigenvalue weighted by molar-refractivity contribution is 0.108. The zero-order valence-corrected chi connectivity index (χ0v) is 7.67. The summed E-state index contributed by atoms with van der Waals surface area (Å²) < 4.78 is 4.65. The largest absolute Gasteiger partial charge is 0.331 e. The van der Waals surface area contributed by atoms with Gasteiger partial charge in [0.25, 0.3) is 5.89 Å². The summed E-state index contributed by atoms with van der Waals surface area (Å²) in [6.07, 6.45) is 0.539. The van der Waals surface area contributed by atoms with E-state index in [9.17, 15) is 4.79 Å². The molecule has 0 aliphatic carbocycles. The van der Waals surface area contributed by atoms with Gasteiger partial charge in [-0.05, 0) is 19.1 Å². The Morgan fingerprint density at radius 2 is 2.38 bits per heavy atom. The van der Waals surface area contributed by atoms with Crippen LogP contribution < -0.4 is 0 Å². The van der Waals surface area contributed by atoms with Crippen molar-refractivity contribution < 1.29 is 9.32 Å². The highest BCUT2D eigenvalue weighted by Crippen LogP contribution is 2.24. The van der Waals surface area contributed by atoms with Crippen LogP contribution in [0.4, 0.5) is 0 Å². The standard InChI is InChI=1S/C8H6N2O2S/c1-5-2-3-6(13-5)8-9-7(4-11)12-10-8/h2-4H,1H3. The third kappa shape index (κ3) is 1.50. The highest BCUT2D eigenvalue weighted by atomic mass is 32.1. The molecule has 0 radical (unpaired) electrons. The molecule has 66 valence electrons. The normalized spacial score (nSPS) is 10.2. The Morgan fingerprint density at radius 3 is 2.92 bits per heavy atom. The number of nitrogens with zero attached hydrogens (tertiary/aromatic N) is 2. The average Bonchev–Trinajstić information content (AvgIpc) is 2.71. The van der Waals surface area contributed by atoms with Crippen LogP contribution in [0, 0.1) is 6.92 Å². The van der Waals surface area contributed by atoms with E-state index in [1.165, 1.54) is 4.88 Å². The Labute approximate surface area is 78.2 Å². The summed E-state index contributed by atoms with van der Waals surface area (Å²) in [5.74, 6) is 0.487. The van der Waals surface area contributed by atoms with Gasteiger partial charge in [0, 0.05) is 4.88 Å². The summed E-state index contributed by atoms with van der Waals surface area (Å²) in [6, 6.07) is 3.87.